The lowest BCUT2D eigenvalue weighted by Crippen LogP contribution is -2.18. The van der Waals surface area contributed by atoms with Crippen LogP contribution in [-0.4, -0.2) is 25.2 Å². The van der Waals surface area contributed by atoms with Crippen molar-refractivity contribution in [2.24, 2.45) is 0 Å². The second-order valence-corrected chi connectivity index (χ2v) is 4.64. The molecule has 1 atom stereocenters. The third-order valence-corrected chi connectivity index (χ3v) is 3.02. The van der Waals surface area contributed by atoms with E-state index in [4.69, 9.17) is 4.74 Å². The van der Waals surface area contributed by atoms with Gasteiger partial charge in [-0.3, -0.25) is 0 Å². The monoisotopic (exact) mass is 239 g/mol. The summed E-state index contributed by atoms with van der Waals surface area (Å²) in [6, 6.07) is 8.60. The summed E-state index contributed by atoms with van der Waals surface area (Å²) in [4.78, 5) is 0. The number of rotatable bonds is 7. The Labute approximate surface area is 103 Å². The molecule has 0 amide bonds. The zero-order chi connectivity index (χ0) is 11.8. The van der Waals surface area contributed by atoms with Crippen molar-refractivity contribution in [3.63, 3.8) is 0 Å². The Morgan fingerprint density at radius 3 is 2.81 bits per heavy atom. The summed E-state index contributed by atoms with van der Waals surface area (Å²) in [7, 11) is 0. The predicted molar refractivity (Wildman–Crippen MR) is 72.4 cm³/mol. The molecule has 3 heteroatoms. The van der Waals surface area contributed by atoms with Crippen LogP contribution < -0.4 is 10.1 Å². The topological polar surface area (TPSA) is 21.3 Å². The molecule has 0 saturated heterocycles. The molecule has 0 heterocycles. The molecule has 0 aliphatic carbocycles. The zero-order valence-electron chi connectivity index (χ0n) is 10.3. The molecule has 1 rings (SSSR count). The molecule has 16 heavy (non-hydrogen) atoms. The Morgan fingerprint density at radius 2 is 2.12 bits per heavy atom. The van der Waals surface area contributed by atoms with E-state index in [9.17, 15) is 0 Å². The fourth-order valence-electron chi connectivity index (χ4n) is 1.62. The number of hydrogen-bond donors (Lipinski definition) is 1. The molecular formula is C13H21NOS. The minimum Gasteiger partial charge on any atom is -0.492 e. The van der Waals surface area contributed by atoms with Crippen molar-refractivity contribution in [2.45, 2.75) is 19.9 Å². The average Bonchev–Trinajstić information content (AvgIpc) is 2.30. The van der Waals surface area contributed by atoms with Crippen molar-refractivity contribution >= 4 is 11.8 Å². The molecule has 0 bridgehead atoms. The molecule has 0 fully saturated rings. The van der Waals surface area contributed by atoms with E-state index in [2.05, 4.69) is 37.6 Å². The van der Waals surface area contributed by atoms with Gasteiger partial charge in [-0.05, 0) is 25.8 Å². The van der Waals surface area contributed by atoms with Gasteiger partial charge in [-0.1, -0.05) is 25.1 Å². The van der Waals surface area contributed by atoms with Crippen LogP contribution in [-0.2, 0) is 0 Å². The van der Waals surface area contributed by atoms with Gasteiger partial charge in [-0.15, -0.1) is 0 Å². The van der Waals surface area contributed by atoms with Gasteiger partial charge in [-0.25, -0.2) is 0 Å². The molecule has 2 nitrogen and oxygen atoms in total. The summed E-state index contributed by atoms with van der Waals surface area (Å²) < 4.78 is 5.78. The largest absolute Gasteiger partial charge is 0.492 e. The minimum absolute atomic E-state index is 0.343. The van der Waals surface area contributed by atoms with Crippen LogP contribution in [0.25, 0.3) is 0 Å². The fraction of sp³-hybridized carbons (Fsp3) is 0.538. The third-order valence-electron chi connectivity index (χ3n) is 2.44. The van der Waals surface area contributed by atoms with Gasteiger partial charge in [0, 0.05) is 17.4 Å². The van der Waals surface area contributed by atoms with Gasteiger partial charge in [-0.2, -0.15) is 11.8 Å². The van der Waals surface area contributed by atoms with Crippen molar-refractivity contribution < 1.29 is 4.74 Å². The van der Waals surface area contributed by atoms with Gasteiger partial charge in [0.15, 0.2) is 0 Å². The normalized spacial score (nSPS) is 12.4. The average molecular weight is 239 g/mol. The van der Waals surface area contributed by atoms with E-state index >= 15 is 0 Å². The Kier molecular flexibility index (Phi) is 6.34. The van der Waals surface area contributed by atoms with E-state index < -0.39 is 0 Å². The number of benzene rings is 1. The molecule has 1 N–H and O–H groups in total. The Bertz CT molecular complexity index is 304. The van der Waals surface area contributed by atoms with E-state index in [1.807, 2.05) is 12.1 Å². The van der Waals surface area contributed by atoms with E-state index in [0.29, 0.717) is 6.04 Å². The summed E-state index contributed by atoms with van der Waals surface area (Å²) in [6.45, 7) is 6.03. The molecule has 0 aliphatic heterocycles. The highest BCUT2D eigenvalue weighted by atomic mass is 32.2. The van der Waals surface area contributed by atoms with E-state index in [1.165, 1.54) is 5.56 Å². The summed E-state index contributed by atoms with van der Waals surface area (Å²) in [6.07, 6.45) is 2.09. The summed E-state index contributed by atoms with van der Waals surface area (Å²) in [5.41, 5.74) is 1.24. The van der Waals surface area contributed by atoms with Gasteiger partial charge in [0.2, 0.25) is 0 Å². The number of hydrogen-bond acceptors (Lipinski definition) is 3. The number of thioether (sulfide) groups is 1. The minimum atomic E-state index is 0.343. The van der Waals surface area contributed by atoms with Crippen LogP contribution in [0.15, 0.2) is 24.3 Å². The number of para-hydroxylation sites is 1. The van der Waals surface area contributed by atoms with E-state index in [0.717, 1.165) is 24.7 Å². The quantitative estimate of drug-likeness (QED) is 0.739. The van der Waals surface area contributed by atoms with Crippen molar-refractivity contribution in [3.05, 3.63) is 29.8 Å². The first-order chi connectivity index (χ1) is 7.79. The second kappa shape index (κ2) is 7.58. The first-order valence-corrected chi connectivity index (χ1v) is 7.13. The highest BCUT2D eigenvalue weighted by Crippen LogP contribution is 2.24. The molecule has 0 aliphatic rings. The van der Waals surface area contributed by atoms with Crippen LogP contribution >= 0.6 is 11.8 Å². The molecular weight excluding hydrogens is 218 g/mol. The summed E-state index contributed by atoms with van der Waals surface area (Å²) in [5, 5.41) is 3.41. The maximum absolute atomic E-state index is 5.78. The summed E-state index contributed by atoms with van der Waals surface area (Å²) >= 11 is 1.80. The Balaban J connectivity index is 2.67. The smallest absolute Gasteiger partial charge is 0.124 e. The van der Waals surface area contributed by atoms with Crippen LogP contribution in [0.5, 0.6) is 5.75 Å². The molecule has 0 saturated carbocycles. The van der Waals surface area contributed by atoms with E-state index in [-0.39, 0.29) is 0 Å². The van der Waals surface area contributed by atoms with Gasteiger partial charge in [0.25, 0.3) is 0 Å². The highest BCUT2D eigenvalue weighted by molar-refractivity contribution is 7.98. The number of ether oxygens (including phenoxy) is 1. The number of nitrogens with one attached hydrogen (secondary N) is 1. The fourth-order valence-corrected chi connectivity index (χ4v) is 1.87. The molecule has 0 spiro atoms. The van der Waals surface area contributed by atoms with E-state index in [1.54, 1.807) is 11.8 Å². The van der Waals surface area contributed by atoms with Crippen LogP contribution in [0, 0.1) is 0 Å². The second-order valence-electron chi connectivity index (χ2n) is 3.66. The molecule has 1 unspecified atom stereocenters. The first-order valence-electron chi connectivity index (χ1n) is 5.73. The van der Waals surface area contributed by atoms with Crippen molar-refractivity contribution in [1.82, 2.24) is 5.32 Å². The van der Waals surface area contributed by atoms with Crippen molar-refractivity contribution in [2.75, 3.05) is 25.2 Å². The lowest BCUT2D eigenvalue weighted by atomic mass is 10.1. The highest BCUT2D eigenvalue weighted by Gasteiger charge is 2.09. The lowest BCUT2D eigenvalue weighted by Gasteiger charge is -2.17. The van der Waals surface area contributed by atoms with Crippen LogP contribution in [0.2, 0.25) is 0 Å². The van der Waals surface area contributed by atoms with Gasteiger partial charge < -0.3 is 10.1 Å². The van der Waals surface area contributed by atoms with Crippen LogP contribution in [0.1, 0.15) is 25.5 Å². The van der Waals surface area contributed by atoms with Crippen LogP contribution in [0.4, 0.5) is 0 Å². The van der Waals surface area contributed by atoms with Gasteiger partial charge >= 0.3 is 0 Å². The third kappa shape index (κ3) is 4.06. The van der Waals surface area contributed by atoms with Crippen molar-refractivity contribution in [3.8, 4) is 5.75 Å². The molecule has 1 aromatic carbocycles. The van der Waals surface area contributed by atoms with Crippen molar-refractivity contribution in [1.29, 1.82) is 0 Å². The molecule has 0 aromatic heterocycles. The zero-order valence-corrected chi connectivity index (χ0v) is 11.1. The summed E-state index contributed by atoms with van der Waals surface area (Å²) in [5.74, 6) is 2.04. The van der Waals surface area contributed by atoms with Crippen LogP contribution in [0.3, 0.4) is 0 Å². The standard InChI is InChI=1S/C13H21NOS/c1-4-14-11(2)12-7-5-6-8-13(12)15-9-10-16-3/h5-8,11,14H,4,9-10H2,1-3H3. The predicted octanol–water partition coefficient (Wildman–Crippen LogP) is 3.10. The molecule has 90 valence electrons. The first kappa shape index (κ1) is 13.4. The Morgan fingerprint density at radius 1 is 1.38 bits per heavy atom. The maximum Gasteiger partial charge on any atom is 0.124 e. The lowest BCUT2D eigenvalue weighted by molar-refractivity contribution is 0.336. The Hall–Kier alpha value is -0.670. The molecule has 1 aromatic rings. The van der Waals surface area contributed by atoms with Gasteiger partial charge in [0.05, 0.1) is 6.61 Å². The molecule has 0 radical (unpaired) electrons. The SMILES string of the molecule is CCNC(C)c1ccccc1OCCSC. The maximum atomic E-state index is 5.78. The van der Waals surface area contributed by atoms with Gasteiger partial charge in [0.1, 0.15) is 5.75 Å².